The van der Waals surface area contributed by atoms with E-state index in [1.165, 1.54) is 0 Å². The lowest BCUT2D eigenvalue weighted by Crippen LogP contribution is -2.50. The van der Waals surface area contributed by atoms with Crippen LogP contribution in [-0.2, 0) is 20.7 Å². The second-order valence-electron chi connectivity index (χ2n) is 5.51. The van der Waals surface area contributed by atoms with E-state index in [0.29, 0.717) is 39.0 Å². The zero-order valence-electron chi connectivity index (χ0n) is 12.5. The van der Waals surface area contributed by atoms with Crippen molar-refractivity contribution in [1.29, 1.82) is 0 Å². The Balaban J connectivity index is 1.67. The summed E-state index contributed by atoms with van der Waals surface area (Å²) in [7, 11) is 0. The number of aliphatic hydroxyl groups is 1. The van der Waals surface area contributed by atoms with Gasteiger partial charge >= 0.3 is 11.8 Å². The Bertz CT molecular complexity index is 498. The summed E-state index contributed by atoms with van der Waals surface area (Å²) in [6.45, 7) is 1.40. The number of rotatable bonds is 5. The number of benzene rings is 1. The molecule has 0 aromatic heterocycles. The molecule has 3 N–H and O–H groups in total. The molecule has 0 atom stereocenters. The average molecular weight is 306 g/mol. The second-order valence-corrected chi connectivity index (χ2v) is 5.51. The standard InChI is InChI=1S/C16H22N2O4/c19-14(17-9-6-13-4-2-1-3-5-13)15(20)18-12-16(21)7-10-22-11-8-16/h1-5,21H,6-12H2,(H,17,19)(H,18,20). The quantitative estimate of drug-likeness (QED) is 0.668. The van der Waals surface area contributed by atoms with Crippen LogP contribution in [0.3, 0.4) is 0 Å². The van der Waals surface area contributed by atoms with Crippen molar-refractivity contribution in [3.8, 4) is 0 Å². The molecule has 1 saturated heterocycles. The molecule has 1 aromatic carbocycles. The van der Waals surface area contributed by atoms with E-state index in [4.69, 9.17) is 4.74 Å². The predicted molar refractivity (Wildman–Crippen MR) is 81.2 cm³/mol. The van der Waals surface area contributed by atoms with Crippen molar-refractivity contribution >= 4 is 11.8 Å². The van der Waals surface area contributed by atoms with Gasteiger partial charge in [0.1, 0.15) is 0 Å². The third-order valence-electron chi connectivity index (χ3n) is 3.75. The van der Waals surface area contributed by atoms with Gasteiger partial charge < -0.3 is 20.5 Å². The largest absolute Gasteiger partial charge is 0.388 e. The van der Waals surface area contributed by atoms with Crippen LogP contribution >= 0.6 is 0 Å². The molecule has 6 heteroatoms. The fraction of sp³-hybridized carbons (Fsp3) is 0.500. The molecule has 0 spiro atoms. The summed E-state index contributed by atoms with van der Waals surface area (Å²) in [5.41, 5.74) is 0.123. The van der Waals surface area contributed by atoms with Gasteiger partial charge in [0.15, 0.2) is 0 Å². The molecule has 0 unspecified atom stereocenters. The van der Waals surface area contributed by atoms with Crippen LogP contribution < -0.4 is 10.6 Å². The topological polar surface area (TPSA) is 87.7 Å². The molecule has 0 radical (unpaired) electrons. The van der Waals surface area contributed by atoms with Gasteiger partial charge in [-0.1, -0.05) is 30.3 Å². The summed E-state index contributed by atoms with van der Waals surface area (Å²) in [4.78, 5) is 23.4. The van der Waals surface area contributed by atoms with Gasteiger partial charge in [0.25, 0.3) is 0 Å². The van der Waals surface area contributed by atoms with Crippen LogP contribution in [-0.4, -0.2) is 48.8 Å². The van der Waals surface area contributed by atoms with Crippen LogP contribution in [0.1, 0.15) is 18.4 Å². The van der Waals surface area contributed by atoms with E-state index in [2.05, 4.69) is 10.6 Å². The van der Waals surface area contributed by atoms with Crippen LogP contribution in [0.15, 0.2) is 30.3 Å². The van der Waals surface area contributed by atoms with Crippen molar-refractivity contribution in [2.24, 2.45) is 0 Å². The number of hydrogen-bond acceptors (Lipinski definition) is 4. The maximum Gasteiger partial charge on any atom is 0.309 e. The highest BCUT2D eigenvalue weighted by Gasteiger charge is 2.30. The van der Waals surface area contributed by atoms with Gasteiger partial charge in [-0.25, -0.2) is 0 Å². The van der Waals surface area contributed by atoms with E-state index in [-0.39, 0.29) is 6.54 Å². The maximum absolute atomic E-state index is 11.7. The van der Waals surface area contributed by atoms with Gasteiger partial charge in [-0.15, -0.1) is 0 Å². The molecule has 2 amide bonds. The number of ether oxygens (including phenoxy) is 1. The molecule has 1 heterocycles. The van der Waals surface area contributed by atoms with E-state index in [1.807, 2.05) is 30.3 Å². The van der Waals surface area contributed by atoms with Gasteiger partial charge in [-0.3, -0.25) is 9.59 Å². The molecule has 0 saturated carbocycles. The first kappa shape index (κ1) is 16.5. The zero-order chi connectivity index (χ0) is 15.8. The Morgan fingerprint density at radius 2 is 1.73 bits per heavy atom. The normalized spacial score (nSPS) is 16.8. The van der Waals surface area contributed by atoms with Crippen LogP contribution in [0, 0.1) is 0 Å². The van der Waals surface area contributed by atoms with E-state index < -0.39 is 17.4 Å². The van der Waals surface area contributed by atoms with Crippen molar-refractivity contribution in [2.75, 3.05) is 26.3 Å². The highest BCUT2D eigenvalue weighted by Crippen LogP contribution is 2.19. The first-order valence-corrected chi connectivity index (χ1v) is 7.49. The highest BCUT2D eigenvalue weighted by atomic mass is 16.5. The van der Waals surface area contributed by atoms with Crippen molar-refractivity contribution in [1.82, 2.24) is 10.6 Å². The third kappa shape index (κ3) is 5.13. The number of hydrogen-bond donors (Lipinski definition) is 3. The monoisotopic (exact) mass is 306 g/mol. The zero-order valence-corrected chi connectivity index (χ0v) is 12.5. The number of carbonyl (C=O) groups excluding carboxylic acids is 2. The minimum Gasteiger partial charge on any atom is -0.388 e. The van der Waals surface area contributed by atoms with Gasteiger partial charge in [-0.05, 0) is 12.0 Å². The predicted octanol–water partition coefficient (Wildman–Crippen LogP) is 0.00300. The summed E-state index contributed by atoms with van der Waals surface area (Å²) in [6.07, 6.45) is 1.59. The Morgan fingerprint density at radius 3 is 2.41 bits per heavy atom. The number of carbonyl (C=O) groups is 2. The summed E-state index contributed by atoms with van der Waals surface area (Å²) in [5, 5.41) is 15.3. The molecule has 0 aliphatic carbocycles. The molecule has 120 valence electrons. The molecule has 6 nitrogen and oxygen atoms in total. The first-order valence-electron chi connectivity index (χ1n) is 7.49. The van der Waals surface area contributed by atoms with Gasteiger partial charge in [0, 0.05) is 39.1 Å². The van der Waals surface area contributed by atoms with E-state index in [9.17, 15) is 14.7 Å². The molecule has 1 fully saturated rings. The van der Waals surface area contributed by atoms with Crippen molar-refractivity contribution < 1.29 is 19.4 Å². The molecule has 1 aliphatic rings. The molecule has 1 aliphatic heterocycles. The molecule has 0 bridgehead atoms. The van der Waals surface area contributed by atoms with Gasteiger partial charge in [0.2, 0.25) is 0 Å². The summed E-state index contributed by atoms with van der Waals surface area (Å²) >= 11 is 0. The lowest BCUT2D eigenvalue weighted by atomic mass is 9.94. The molecular formula is C16H22N2O4. The smallest absolute Gasteiger partial charge is 0.309 e. The van der Waals surface area contributed by atoms with E-state index in [1.54, 1.807) is 0 Å². The van der Waals surface area contributed by atoms with Crippen molar-refractivity contribution in [2.45, 2.75) is 24.9 Å². The lowest BCUT2D eigenvalue weighted by Gasteiger charge is -2.31. The first-order chi connectivity index (χ1) is 10.6. The Labute approximate surface area is 129 Å². The van der Waals surface area contributed by atoms with Crippen LogP contribution in [0.5, 0.6) is 0 Å². The van der Waals surface area contributed by atoms with Crippen molar-refractivity contribution in [3.63, 3.8) is 0 Å². The third-order valence-corrected chi connectivity index (χ3v) is 3.75. The summed E-state index contributed by atoms with van der Waals surface area (Å²) < 4.78 is 5.16. The summed E-state index contributed by atoms with van der Waals surface area (Å²) in [5.74, 6) is -1.39. The van der Waals surface area contributed by atoms with E-state index in [0.717, 1.165) is 5.56 Å². The van der Waals surface area contributed by atoms with Crippen LogP contribution in [0.25, 0.3) is 0 Å². The molecular weight excluding hydrogens is 284 g/mol. The van der Waals surface area contributed by atoms with Crippen LogP contribution in [0.2, 0.25) is 0 Å². The van der Waals surface area contributed by atoms with Gasteiger partial charge in [-0.2, -0.15) is 0 Å². The Kier molecular flexibility index (Phi) is 5.91. The molecule has 1 aromatic rings. The minimum absolute atomic E-state index is 0.0707. The highest BCUT2D eigenvalue weighted by molar-refractivity contribution is 6.35. The van der Waals surface area contributed by atoms with E-state index >= 15 is 0 Å². The fourth-order valence-electron chi connectivity index (χ4n) is 2.30. The number of amides is 2. The van der Waals surface area contributed by atoms with Gasteiger partial charge in [0.05, 0.1) is 5.60 Å². The number of nitrogens with one attached hydrogen (secondary N) is 2. The minimum atomic E-state index is -0.974. The Hall–Kier alpha value is -1.92. The maximum atomic E-state index is 11.7. The SMILES string of the molecule is O=C(NCCc1ccccc1)C(=O)NCC1(O)CCOCC1. The lowest BCUT2D eigenvalue weighted by molar-refractivity contribution is -0.140. The van der Waals surface area contributed by atoms with Crippen LogP contribution in [0.4, 0.5) is 0 Å². The Morgan fingerprint density at radius 1 is 1.09 bits per heavy atom. The molecule has 2 rings (SSSR count). The van der Waals surface area contributed by atoms with Crippen molar-refractivity contribution in [3.05, 3.63) is 35.9 Å². The molecule has 22 heavy (non-hydrogen) atoms. The summed E-state index contributed by atoms with van der Waals surface area (Å²) in [6, 6.07) is 9.72. The second kappa shape index (κ2) is 7.91. The fourth-order valence-corrected chi connectivity index (χ4v) is 2.30. The average Bonchev–Trinajstić information content (AvgIpc) is 2.54.